The highest BCUT2D eigenvalue weighted by Gasteiger charge is 2.19. The number of carbonyl (C=O) groups excluding carboxylic acids is 2. The van der Waals surface area contributed by atoms with E-state index < -0.39 is 12.0 Å². The van der Waals surface area contributed by atoms with Crippen LogP contribution in [0.5, 0.6) is 0 Å². The molecule has 0 radical (unpaired) electrons. The van der Waals surface area contributed by atoms with Gasteiger partial charge in [0.25, 0.3) is 5.91 Å². The van der Waals surface area contributed by atoms with E-state index in [0.29, 0.717) is 9.58 Å². The van der Waals surface area contributed by atoms with Crippen molar-refractivity contribution in [3.8, 4) is 0 Å². The lowest BCUT2D eigenvalue weighted by Crippen LogP contribution is -2.39. The van der Waals surface area contributed by atoms with Crippen molar-refractivity contribution in [2.75, 3.05) is 6.61 Å². The summed E-state index contributed by atoms with van der Waals surface area (Å²) in [7, 11) is 0. The predicted molar refractivity (Wildman–Crippen MR) is 75.3 cm³/mol. The van der Waals surface area contributed by atoms with Crippen LogP contribution >= 0.6 is 11.3 Å². The molecule has 4 nitrogen and oxygen atoms in total. The first-order valence-electron chi connectivity index (χ1n) is 6.18. The fraction of sp³-hybridized carbons (Fsp3) is 0.286. The second kappa shape index (κ2) is 6.00. The normalized spacial score (nSPS) is 12.2. The Labute approximate surface area is 119 Å². The lowest BCUT2D eigenvalue weighted by atomic mass is 10.2. The quantitative estimate of drug-likeness (QED) is 0.882. The number of thiophene rings is 1. The molecule has 1 unspecified atom stereocenters. The highest BCUT2D eigenvalue weighted by Crippen LogP contribution is 2.26. The van der Waals surface area contributed by atoms with Gasteiger partial charge in [0.2, 0.25) is 0 Å². The Bertz CT molecular complexity index is 653. The van der Waals surface area contributed by atoms with Gasteiger partial charge in [-0.25, -0.2) is 9.18 Å². The zero-order chi connectivity index (χ0) is 14.7. The summed E-state index contributed by atoms with van der Waals surface area (Å²) in [4.78, 5) is 23.9. The summed E-state index contributed by atoms with van der Waals surface area (Å²) in [6, 6.07) is 5.30. The van der Waals surface area contributed by atoms with Gasteiger partial charge in [-0.15, -0.1) is 11.3 Å². The Kier molecular flexibility index (Phi) is 4.34. The Balaban J connectivity index is 2.13. The number of ether oxygens (including phenoxy) is 1. The molecular weight excluding hydrogens is 281 g/mol. The molecule has 0 aliphatic heterocycles. The Hall–Kier alpha value is -1.95. The molecule has 106 valence electrons. The molecule has 2 aromatic rings. The third kappa shape index (κ3) is 3.14. The van der Waals surface area contributed by atoms with Gasteiger partial charge in [0.1, 0.15) is 11.9 Å². The molecule has 1 heterocycles. The Morgan fingerprint density at radius 2 is 2.15 bits per heavy atom. The van der Waals surface area contributed by atoms with Crippen molar-refractivity contribution in [2.45, 2.75) is 19.9 Å². The number of esters is 1. The molecule has 6 heteroatoms. The van der Waals surface area contributed by atoms with Crippen molar-refractivity contribution in [3.05, 3.63) is 35.0 Å². The molecule has 2 rings (SSSR count). The van der Waals surface area contributed by atoms with E-state index in [2.05, 4.69) is 5.32 Å². The van der Waals surface area contributed by atoms with E-state index in [0.717, 1.165) is 5.39 Å². The van der Waals surface area contributed by atoms with Crippen LogP contribution < -0.4 is 5.32 Å². The predicted octanol–water partition coefficient (Wildman–Crippen LogP) is 2.72. The summed E-state index contributed by atoms with van der Waals surface area (Å²) in [5, 5.41) is 3.36. The standard InChI is InChI=1S/C14H14FNO3S/c1-3-19-14(18)8(2)16-13(17)12-6-9-4-5-10(15)7-11(9)20-12/h4-8H,3H2,1-2H3,(H,16,17). The topological polar surface area (TPSA) is 55.4 Å². The zero-order valence-electron chi connectivity index (χ0n) is 11.1. The van der Waals surface area contributed by atoms with Gasteiger partial charge in [-0.2, -0.15) is 0 Å². The first-order chi connectivity index (χ1) is 9.51. The first-order valence-corrected chi connectivity index (χ1v) is 6.99. The molecule has 1 atom stereocenters. The van der Waals surface area contributed by atoms with Gasteiger partial charge in [0, 0.05) is 4.70 Å². The summed E-state index contributed by atoms with van der Waals surface area (Å²) in [6.45, 7) is 3.52. The van der Waals surface area contributed by atoms with Crippen LogP contribution in [0.15, 0.2) is 24.3 Å². The maximum atomic E-state index is 13.1. The average Bonchev–Trinajstić information content (AvgIpc) is 2.81. The van der Waals surface area contributed by atoms with E-state index in [1.165, 1.54) is 23.5 Å². The van der Waals surface area contributed by atoms with E-state index in [-0.39, 0.29) is 18.3 Å². The minimum absolute atomic E-state index is 0.265. The van der Waals surface area contributed by atoms with Crippen molar-refractivity contribution >= 4 is 33.3 Å². The second-order valence-electron chi connectivity index (χ2n) is 4.24. The van der Waals surface area contributed by atoms with Gasteiger partial charge in [-0.05, 0) is 37.4 Å². The number of halogens is 1. The van der Waals surface area contributed by atoms with Crippen LogP contribution in [-0.2, 0) is 9.53 Å². The lowest BCUT2D eigenvalue weighted by molar-refractivity contribution is -0.144. The molecule has 1 N–H and O–H groups in total. The summed E-state index contributed by atoms with van der Waals surface area (Å²) in [6.07, 6.45) is 0. The second-order valence-corrected chi connectivity index (χ2v) is 5.32. The highest BCUT2D eigenvalue weighted by atomic mass is 32.1. The van der Waals surface area contributed by atoms with Crippen molar-refractivity contribution in [3.63, 3.8) is 0 Å². The molecule has 20 heavy (non-hydrogen) atoms. The molecule has 1 aromatic carbocycles. The van der Waals surface area contributed by atoms with Crippen molar-refractivity contribution in [1.82, 2.24) is 5.32 Å². The number of fused-ring (bicyclic) bond motifs is 1. The number of hydrogen-bond acceptors (Lipinski definition) is 4. The minimum atomic E-state index is -0.718. The van der Waals surface area contributed by atoms with Crippen molar-refractivity contribution in [2.24, 2.45) is 0 Å². The van der Waals surface area contributed by atoms with Crippen molar-refractivity contribution < 1.29 is 18.7 Å². The maximum Gasteiger partial charge on any atom is 0.328 e. The van der Waals surface area contributed by atoms with Crippen LogP contribution in [0.4, 0.5) is 4.39 Å². The van der Waals surface area contributed by atoms with Gasteiger partial charge >= 0.3 is 5.97 Å². The Morgan fingerprint density at radius 1 is 1.40 bits per heavy atom. The highest BCUT2D eigenvalue weighted by molar-refractivity contribution is 7.20. The van der Waals surface area contributed by atoms with Crippen LogP contribution in [0.3, 0.4) is 0 Å². The molecule has 1 amide bonds. The maximum absolute atomic E-state index is 13.1. The van der Waals surface area contributed by atoms with Crippen LogP contribution in [0, 0.1) is 5.82 Å². The molecule has 0 saturated heterocycles. The smallest absolute Gasteiger partial charge is 0.328 e. The van der Waals surface area contributed by atoms with Gasteiger partial charge in [-0.3, -0.25) is 4.79 Å². The Morgan fingerprint density at radius 3 is 2.85 bits per heavy atom. The number of benzene rings is 1. The molecule has 1 aromatic heterocycles. The monoisotopic (exact) mass is 295 g/mol. The van der Waals surface area contributed by atoms with E-state index in [4.69, 9.17) is 4.74 Å². The summed E-state index contributed by atoms with van der Waals surface area (Å²) >= 11 is 1.18. The fourth-order valence-corrected chi connectivity index (χ4v) is 2.70. The number of amides is 1. The molecule has 0 fully saturated rings. The van der Waals surface area contributed by atoms with E-state index >= 15 is 0 Å². The number of nitrogens with one attached hydrogen (secondary N) is 1. The summed E-state index contributed by atoms with van der Waals surface area (Å²) in [5.74, 6) is -1.19. The summed E-state index contributed by atoms with van der Waals surface area (Å²) < 4.78 is 18.6. The summed E-state index contributed by atoms with van der Waals surface area (Å²) in [5.41, 5.74) is 0. The van der Waals surface area contributed by atoms with Crippen LogP contribution in [0.2, 0.25) is 0 Å². The van der Waals surface area contributed by atoms with Gasteiger partial charge < -0.3 is 10.1 Å². The largest absolute Gasteiger partial charge is 0.464 e. The van der Waals surface area contributed by atoms with Gasteiger partial charge in [0.15, 0.2) is 0 Å². The van der Waals surface area contributed by atoms with Crippen molar-refractivity contribution in [1.29, 1.82) is 0 Å². The number of hydrogen-bond donors (Lipinski definition) is 1. The third-order valence-corrected chi connectivity index (χ3v) is 3.79. The van der Waals surface area contributed by atoms with Gasteiger partial charge in [0.05, 0.1) is 11.5 Å². The van der Waals surface area contributed by atoms with Crippen LogP contribution in [0.25, 0.3) is 10.1 Å². The first kappa shape index (κ1) is 14.5. The molecule has 0 bridgehead atoms. The third-order valence-electron chi connectivity index (χ3n) is 2.69. The molecule has 0 aliphatic carbocycles. The van der Waals surface area contributed by atoms with E-state index in [9.17, 15) is 14.0 Å². The van der Waals surface area contributed by atoms with E-state index in [1.807, 2.05) is 0 Å². The average molecular weight is 295 g/mol. The molecular formula is C14H14FNO3S. The lowest BCUT2D eigenvalue weighted by Gasteiger charge is -2.11. The molecule has 0 aliphatic rings. The number of carbonyl (C=O) groups is 2. The minimum Gasteiger partial charge on any atom is -0.464 e. The number of rotatable bonds is 4. The molecule has 0 spiro atoms. The molecule has 0 saturated carbocycles. The van der Waals surface area contributed by atoms with Crippen LogP contribution in [-0.4, -0.2) is 24.5 Å². The SMILES string of the molecule is CCOC(=O)C(C)NC(=O)c1cc2ccc(F)cc2s1. The fourth-order valence-electron chi connectivity index (χ4n) is 1.71. The van der Waals surface area contributed by atoms with Gasteiger partial charge in [-0.1, -0.05) is 6.07 Å². The zero-order valence-corrected chi connectivity index (χ0v) is 11.9. The van der Waals surface area contributed by atoms with Crippen LogP contribution in [0.1, 0.15) is 23.5 Å². The van der Waals surface area contributed by atoms with E-state index in [1.54, 1.807) is 26.0 Å².